The lowest BCUT2D eigenvalue weighted by Gasteiger charge is -2.37. The summed E-state index contributed by atoms with van der Waals surface area (Å²) in [5.41, 5.74) is 2.13. The smallest absolute Gasteiger partial charge is 0.271 e. The summed E-state index contributed by atoms with van der Waals surface area (Å²) in [4.78, 5) is 28.8. The first-order chi connectivity index (χ1) is 21.3. The lowest BCUT2D eigenvalue weighted by Crippen LogP contribution is -2.61. The predicted octanol–water partition coefficient (Wildman–Crippen LogP) is 6.97. The number of rotatable bonds is 11. The topological polar surface area (TPSA) is 99.7 Å². The largest absolute Gasteiger partial charge is 0.491 e. The fraction of sp³-hybridized carbons (Fsp3) is 0.273. The molecule has 1 aliphatic rings. The molecule has 0 spiro atoms. The van der Waals surface area contributed by atoms with Gasteiger partial charge in [-0.25, -0.2) is 0 Å². The van der Waals surface area contributed by atoms with Crippen LogP contribution in [-0.4, -0.2) is 48.8 Å². The number of nitrogens with one attached hydrogen (secondary N) is 3. The van der Waals surface area contributed by atoms with E-state index in [-0.39, 0.29) is 18.1 Å². The Balaban J connectivity index is 1.54. The van der Waals surface area contributed by atoms with E-state index >= 15 is 0 Å². The van der Waals surface area contributed by atoms with E-state index in [4.69, 9.17) is 39.5 Å². The normalized spacial score (nSPS) is 14.3. The van der Waals surface area contributed by atoms with Crippen LogP contribution < -0.4 is 20.7 Å². The Bertz CT molecular complexity index is 1610. The summed E-state index contributed by atoms with van der Waals surface area (Å²) in [6.07, 6.45) is 1.39. The average Bonchev–Trinajstić information content (AvgIpc) is 3.40. The second kappa shape index (κ2) is 14.9. The molecule has 7 nitrogen and oxygen atoms in total. The minimum atomic E-state index is -0.937. The number of carbonyl (C=O) groups excluding carboxylic acids is 2. The highest BCUT2D eigenvalue weighted by Crippen LogP contribution is 2.50. The Morgan fingerprint density at radius 2 is 1.66 bits per heavy atom. The minimum Gasteiger partial charge on any atom is -0.491 e. The molecule has 0 unspecified atom stereocenters. The standard InChI is InChI=1S/C33H32Cl3N3O4S/c34-23-9-7-22(8-10-23)27-28(43-18-4-17-40)30(44-29(27)25-12-11-24(35)19-26(25)36)31(41)39-32(42)33(13-15-37-16-14-33)38-20-21-5-2-1-3-6-21/h1-3,5-12,19,37-38,40H,4,13-18,20H2,(H,39,41,42). The fourth-order valence-electron chi connectivity index (χ4n) is 5.17. The monoisotopic (exact) mass is 671 g/mol. The van der Waals surface area contributed by atoms with Crippen molar-refractivity contribution in [2.45, 2.75) is 31.3 Å². The highest BCUT2D eigenvalue weighted by molar-refractivity contribution is 7.18. The zero-order chi connectivity index (χ0) is 31.1. The molecule has 230 valence electrons. The molecule has 44 heavy (non-hydrogen) atoms. The van der Waals surface area contributed by atoms with Gasteiger partial charge in [0.05, 0.1) is 11.6 Å². The van der Waals surface area contributed by atoms with Gasteiger partial charge in [0.2, 0.25) is 5.91 Å². The lowest BCUT2D eigenvalue weighted by molar-refractivity contribution is -0.127. The predicted molar refractivity (Wildman–Crippen MR) is 178 cm³/mol. The van der Waals surface area contributed by atoms with Crippen LogP contribution in [0.15, 0.2) is 72.8 Å². The Morgan fingerprint density at radius 3 is 2.34 bits per heavy atom. The number of thiophene rings is 1. The maximum absolute atomic E-state index is 14.0. The molecule has 0 saturated carbocycles. The third-order valence-corrected chi connectivity index (χ3v) is 9.52. The van der Waals surface area contributed by atoms with Gasteiger partial charge in [-0.15, -0.1) is 11.3 Å². The number of aliphatic hydroxyl groups is 1. The first-order valence-electron chi connectivity index (χ1n) is 14.3. The second-order valence-electron chi connectivity index (χ2n) is 10.5. The van der Waals surface area contributed by atoms with Gasteiger partial charge in [-0.1, -0.05) is 83.3 Å². The van der Waals surface area contributed by atoms with Crippen molar-refractivity contribution in [3.8, 4) is 27.3 Å². The van der Waals surface area contributed by atoms with E-state index in [2.05, 4.69) is 16.0 Å². The van der Waals surface area contributed by atoms with Crippen molar-refractivity contribution < 1.29 is 19.4 Å². The van der Waals surface area contributed by atoms with Gasteiger partial charge in [-0.3, -0.25) is 20.2 Å². The van der Waals surface area contributed by atoms with Crippen LogP contribution in [0.25, 0.3) is 21.6 Å². The lowest BCUT2D eigenvalue weighted by atomic mass is 9.87. The summed E-state index contributed by atoms with van der Waals surface area (Å²) in [5.74, 6) is -0.674. The highest BCUT2D eigenvalue weighted by atomic mass is 35.5. The van der Waals surface area contributed by atoms with Gasteiger partial charge in [-0.05, 0) is 61.3 Å². The molecule has 2 heterocycles. The molecule has 0 radical (unpaired) electrons. The first-order valence-corrected chi connectivity index (χ1v) is 16.2. The Kier molecular flexibility index (Phi) is 11.0. The fourth-order valence-corrected chi connectivity index (χ4v) is 7.06. The number of amides is 2. The van der Waals surface area contributed by atoms with Crippen LogP contribution in [0, 0.1) is 0 Å². The SMILES string of the molecule is O=C(NC(=O)C1(NCc2ccccc2)CCNCC1)c1sc(-c2ccc(Cl)cc2Cl)c(-c2ccc(Cl)cc2)c1OCCCO. The molecule has 1 saturated heterocycles. The highest BCUT2D eigenvalue weighted by Gasteiger charge is 2.41. The number of benzene rings is 3. The molecular formula is C33H32Cl3N3O4S. The van der Waals surface area contributed by atoms with E-state index in [9.17, 15) is 14.7 Å². The molecule has 0 bridgehead atoms. The van der Waals surface area contributed by atoms with Gasteiger partial charge >= 0.3 is 0 Å². The zero-order valence-corrected chi connectivity index (χ0v) is 26.9. The summed E-state index contributed by atoms with van der Waals surface area (Å²) < 4.78 is 6.19. The molecular weight excluding hydrogens is 641 g/mol. The summed E-state index contributed by atoms with van der Waals surface area (Å²) in [6.45, 7) is 1.83. The molecule has 0 aliphatic carbocycles. The van der Waals surface area contributed by atoms with Crippen molar-refractivity contribution in [1.29, 1.82) is 0 Å². The van der Waals surface area contributed by atoms with E-state index in [1.165, 1.54) is 11.3 Å². The molecule has 4 aromatic rings. The summed E-state index contributed by atoms with van der Waals surface area (Å²) in [6, 6.07) is 22.2. The number of ether oxygens (including phenoxy) is 1. The van der Waals surface area contributed by atoms with Crippen LogP contribution >= 0.6 is 46.1 Å². The van der Waals surface area contributed by atoms with Gasteiger partial charge in [0.1, 0.15) is 10.4 Å². The summed E-state index contributed by atoms with van der Waals surface area (Å²) in [7, 11) is 0. The Morgan fingerprint density at radius 1 is 0.955 bits per heavy atom. The number of imide groups is 1. The summed E-state index contributed by atoms with van der Waals surface area (Å²) >= 11 is 20.2. The second-order valence-corrected chi connectivity index (χ2v) is 12.8. The van der Waals surface area contributed by atoms with E-state index in [1.54, 1.807) is 30.3 Å². The quantitative estimate of drug-likeness (QED) is 0.101. The number of aliphatic hydroxyl groups excluding tert-OH is 1. The minimum absolute atomic E-state index is 0.0834. The van der Waals surface area contributed by atoms with E-state index < -0.39 is 17.4 Å². The molecule has 11 heteroatoms. The van der Waals surface area contributed by atoms with Gasteiger partial charge in [0.15, 0.2) is 5.75 Å². The van der Waals surface area contributed by atoms with Crippen LogP contribution in [0.4, 0.5) is 0 Å². The summed E-state index contributed by atoms with van der Waals surface area (Å²) in [5, 5.41) is 20.3. The number of halogens is 3. The van der Waals surface area contributed by atoms with Crippen molar-refractivity contribution in [1.82, 2.24) is 16.0 Å². The molecule has 3 aromatic carbocycles. The van der Waals surface area contributed by atoms with Crippen LogP contribution in [0.5, 0.6) is 5.75 Å². The maximum atomic E-state index is 14.0. The van der Waals surface area contributed by atoms with E-state index in [0.717, 1.165) is 11.1 Å². The van der Waals surface area contributed by atoms with Crippen LogP contribution in [0.1, 0.15) is 34.5 Å². The molecule has 5 rings (SSSR count). The van der Waals surface area contributed by atoms with Crippen molar-refractivity contribution in [3.63, 3.8) is 0 Å². The van der Waals surface area contributed by atoms with Gasteiger partial charge in [0, 0.05) is 45.6 Å². The van der Waals surface area contributed by atoms with Crippen LogP contribution in [0.3, 0.4) is 0 Å². The maximum Gasteiger partial charge on any atom is 0.271 e. The first kappa shape index (κ1) is 32.4. The van der Waals surface area contributed by atoms with Crippen LogP contribution in [0.2, 0.25) is 15.1 Å². The van der Waals surface area contributed by atoms with E-state index in [0.29, 0.717) is 75.7 Å². The number of carbonyl (C=O) groups is 2. The van der Waals surface area contributed by atoms with Crippen LogP contribution in [-0.2, 0) is 11.3 Å². The zero-order valence-electron chi connectivity index (χ0n) is 23.8. The Labute approximate surface area is 275 Å². The van der Waals surface area contributed by atoms with Gasteiger partial charge in [0.25, 0.3) is 5.91 Å². The molecule has 1 aromatic heterocycles. The van der Waals surface area contributed by atoms with Gasteiger partial charge in [-0.2, -0.15) is 0 Å². The number of hydrogen-bond acceptors (Lipinski definition) is 7. The van der Waals surface area contributed by atoms with Crippen molar-refractivity contribution in [2.24, 2.45) is 0 Å². The average molecular weight is 673 g/mol. The third-order valence-electron chi connectivity index (χ3n) is 7.52. The molecule has 2 amide bonds. The van der Waals surface area contributed by atoms with Crippen molar-refractivity contribution >= 4 is 58.0 Å². The Hall–Kier alpha value is -2.95. The molecule has 1 aliphatic heterocycles. The van der Waals surface area contributed by atoms with Crippen molar-refractivity contribution in [3.05, 3.63) is 98.3 Å². The van der Waals surface area contributed by atoms with Crippen molar-refractivity contribution in [2.75, 3.05) is 26.3 Å². The third kappa shape index (κ3) is 7.46. The number of hydrogen-bond donors (Lipinski definition) is 4. The molecule has 0 atom stereocenters. The van der Waals surface area contributed by atoms with Gasteiger partial charge < -0.3 is 15.2 Å². The number of piperidine rings is 1. The molecule has 4 N–H and O–H groups in total. The van der Waals surface area contributed by atoms with E-state index in [1.807, 2.05) is 42.5 Å². The molecule has 1 fully saturated rings.